The fourth-order valence-electron chi connectivity index (χ4n) is 1.70. The topological polar surface area (TPSA) is 76.8 Å². The minimum atomic E-state index is -0.194. The minimum absolute atomic E-state index is 0.194. The highest BCUT2D eigenvalue weighted by atomic mass is 16.5. The van der Waals surface area contributed by atoms with E-state index in [0.29, 0.717) is 18.8 Å². The molecule has 5 heteroatoms. The highest BCUT2D eigenvalue weighted by Crippen LogP contribution is 2.22. The first-order chi connectivity index (χ1) is 8.98. The molecule has 0 radical (unpaired) electrons. The molecule has 1 aromatic heterocycles. The second-order valence-electron chi connectivity index (χ2n) is 5.38. The van der Waals surface area contributed by atoms with Gasteiger partial charge in [-0.1, -0.05) is 0 Å². The molecule has 0 aliphatic rings. The third-order valence-corrected chi connectivity index (χ3v) is 2.45. The molecule has 0 spiro atoms. The Morgan fingerprint density at radius 1 is 1.21 bits per heavy atom. The molecular formula is C14H20N4O. The number of nitrogens with zero attached hydrogens (tertiary/aromatic N) is 2. The van der Waals surface area contributed by atoms with E-state index in [4.69, 9.17) is 10.5 Å². The van der Waals surface area contributed by atoms with Crippen LogP contribution in [0.4, 0.5) is 0 Å². The summed E-state index contributed by atoms with van der Waals surface area (Å²) >= 11 is 0. The molecule has 3 N–H and O–H groups in total. The number of hydrogen-bond donors (Lipinski definition) is 2. The summed E-state index contributed by atoms with van der Waals surface area (Å²) < 4.78 is 5.77. The molecule has 1 aromatic carbocycles. The standard InChI is InChI=1S/C14H20N4O/c1-14(2,3)19-11-6-4-10(5-7-11)13-16-12(8-9-15)17-18-13/h4-7H,8-9,15H2,1-3H3,(H,16,17,18). The molecule has 102 valence electrons. The Kier molecular flexibility index (Phi) is 3.85. The van der Waals surface area contributed by atoms with Crippen molar-refractivity contribution in [3.8, 4) is 17.1 Å². The Morgan fingerprint density at radius 3 is 2.47 bits per heavy atom. The van der Waals surface area contributed by atoms with Gasteiger partial charge < -0.3 is 10.5 Å². The summed E-state index contributed by atoms with van der Waals surface area (Å²) in [7, 11) is 0. The molecular weight excluding hydrogens is 240 g/mol. The maximum Gasteiger partial charge on any atom is 0.181 e. The maximum absolute atomic E-state index is 5.77. The normalized spacial score (nSPS) is 11.6. The van der Waals surface area contributed by atoms with Gasteiger partial charge in [-0.05, 0) is 51.6 Å². The van der Waals surface area contributed by atoms with E-state index in [1.54, 1.807) is 0 Å². The van der Waals surface area contributed by atoms with E-state index < -0.39 is 0 Å². The number of aromatic amines is 1. The molecule has 0 aliphatic carbocycles. The van der Waals surface area contributed by atoms with Gasteiger partial charge in [0.1, 0.15) is 17.2 Å². The number of rotatable bonds is 4. The first-order valence-corrected chi connectivity index (χ1v) is 6.39. The van der Waals surface area contributed by atoms with Crippen molar-refractivity contribution < 1.29 is 4.74 Å². The number of benzene rings is 1. The molecule has 0 saturated carbocycles. The van der Waals surface area contributed by atoms with Crippen molar-refractivity contribution in [3.05, 3.63) is 30.1 Å². The first kappa shape index (κ1) is 13.5. The summed E-state index contributed by atoms with van der Waals surface area (Å²) in [4.78, 5) is 4.39. The number of nitrogens with two attached hydrogens (primary N) is 1. The summed E-state index contributed by atoms with van der Waals surface area (Å²) in [5.74, 6) is 2.34. The molecule has 0 aliphatic heterocycles. The average molecular weight is 260 g/mol. The van der Waals surface area contributed by atoms with Crippen LogP contribution in [0.5, 0.6) is 5.75 Å². The highest BCUT2D eigenvalue weighted by molar-refractivity contribution is 5.55. The lowest BCUT2D eigenvalue weighted by atomic mass is 10.1. The van der Waals surface area contributed by atoms with E-state index in [-0.39, 0.29) is 5.60 Å². The predicted molar refractivity (Wildman–Crippen MR) is 75.0 cm³/mol. The first-order valence-electron chi connectivity index (χ1n) is 6.39. The van der Waals surface area contributed by atoms with Crippen molar-refractivity contribution in [1.29, 1.82) is 0 Å². The van der Waals surface area contributed by atoms with E-state index in [0.717, 1.165) is 17.1 Å². The van der Waals surface area contributed by atoms with Crippen LogP contribution in [0.1, 0.15) is 26.6 Å². The highest BCUT2D eigenvalue weighted by Gasteiger charge is 2.12. The second kappa shape index (κ2) is 5.40. The van der Waals surface area contributed by atoms with E-state index >= 15 is 0 Å². The summed E-state index contributed by atoms with van der Waals surface area (Å²) in [5, 5.41) is 7.06. The zero-order chi connectivity index (χ0) is 13.9. The van der Waals surface area contributed by atoms with Gasteiger partial charge in [0.25, 0.3) is 0 Å². The van der Waals surface area contributed by atoms with Crippen molar-refractivity contribution in [1.82, 2.24) is 15.2 Å². The minimum Gasteiger partial charge on any atom is -0.488 e. The zero-order valence-electron chi connectivity index (χ0n) is 11.6. The van der Waals surface area contributed by atoms with Crippen molar-refractivity contribution in [3.63, 3.8) is 0 Å². The van der Waals surface area contributed by atoms with Crippen LogP contribution in [-0.4, -0.2) is 27.3 Å². The largest absolute Gasteiger partial charge is 0.488 e. The van der Waals surface area contributed by atoms with Crippen LogP contribution in [0, 0.1) is 0 Å². The third-order valence-electron chi connectivity index (χ3n) is 2.45. The summed E-state index contributed by atoms with van der Waals surface area (Å²) in [5.41, 5.74) is 6.25. The molecule has 2 rings (SSSR count). The quantitative estimate of drug-likeness (QED) is 0.883. The number of nitrogens with one attached hydrogen (secondary N) is 1. The fraction of sp³-hybridized carbons (Fsp3) is 0.429. The lowest BCUT2D eigenvalue weighted by molar-refractivity contribution is 0.131. The van der Waals surface area contributed by atoms with Crippen LogP contribution < -0.4 is 10.5 Å². The Bertz CT molecular complexity index is 525. The van der Waals surface area contributed by atoms with Gasteiger partial charge in [0, 0.05) is 12.0 Å². The zero-order valence-corrected chi connectivity index (χ0v) is 11.6. The maximum atomic E-state index is 5.77. The van der Waals surface area contributed by atoms with E-state index in [9.17, 15) is 0 Å². The Labute approximate surface area is 113 Å². The summed E-state index contributed by atoms with van der Waals surface area (Å²) in [6, 6.07) is 7.77. The molecule has 0 saturated heterocycles. The molecule has 5 nitrogen and oxygen atoms in total. The van der Waals surface area contributed by atoms with Gasteiger partial charge in [-0.2, -0.15) is 5.10 Å². The molecule has 1 heterocycles. The van der Waals surface area contributed by atoms with Gasteiger partial charge in [0.15, 0.2) is 5.82 Å². The van der Waals surface area contributed by atoms with Gasteiger partial charge in [0.2, 0.25) is 0 Å². The third kappa shape index (κ3) is 3.79. The van der Waals surface area contributed by atoms with E-state index in [1.165, 1.54) is 0 Å². The van der Waals surface area contributed by atoms with Gasteiger partial charge in [0.05, 0.1) is 0 Å². The van der Waals surface area contributed by atoms with Crippen LogP contribution in [0.2, 0.25) is 0 Å². The smallest absolute Gasteiger partial charge is 0.181 e. The van der Waals surface area contributed by atoms with Crippen molar-refractivity contribution in [2.45, 2.75) is 32.8 Å². The molecule has 0 unspecified atom stereocenters. The van der Waals surface area contributed by atoms with E-state index in [1.807, 2.05) is 45.0 Å². The van der Waals surface area contributed by atoms with Crippen molar-refractivity contribution >= 4 is 0 Å². The van der Waals surface area contributed by atoms with Crippen LogP contribution in [0.25, 0.3) is 11.4 Å². The lowest BCUT2D eigenvalue weighted by Gasteiger charge is -2.21. The van der Waals surface area contributed by atoms with Gasteiger partial charge in [-0.25, -0.2) is 4.98 Å². The van der Waals surface area contributed by atoms with Gasteiger partial charge in [-0.3, -0.25) is 5.10 Å². The van der Waals surface area contributed by atoms with Crippen LogP contribution in [0.3, 0.4) is 0 Å². The van der Waals surface area contributed by atoms with Crippen LogP contribution in [0.15, 0.2) is 24.3 Å². The van der Waals surface area contributed by atoms with Crippen molar-refractivity contribution in [2.75, 3.05) is 6.54 Å². The summed E-state index contributed by atoms with van der Waals surface area (Å²) in [6.07, 6.45) is 0.707. The Balaban J connectivity index is 2.13. The molecule has 2 aromatic rings. The Morgan fingerprint density at radius 2 is 1.89 bits per heavy atom. The lowest BCUT2D eigenvalue weighted by Crippen LogP contribution is -2.22. The number of ether oxygens (including phenoxy) is 1. The molecule has 19 heavy (non-hydrogen) atoms. The monoisotopic (exact) mass is 260 g/mol. The molecule has 0 atom stereocenters. The number of aromatic nitrogens is 3. The average Bonchev–Trinajstić information content (AvgIpc) is 2.77. The SMILES string of the molecule is CC(C)(C)Oc1ccc(-c2n[nH]c(CCN)n2)cc1. The van der Waals surface area contributed by atoms with Gasteiger partial charge >= 0.3 is 0 Å². The Hall–Kier alpha value is -1.88. The number of hydrogen-bond acceptors (Lipinski definition) is 4. The van der Waals surface area contributed by atoms with E-state index in [2.05, 4.69) is 15.2 Å². The predicted octanol–water partition coefficient (Wildman–Crippen LogP) is 2.15. The summed E-state index contributed by atoms with van der Waals surface area (Å²) in [6.45, 7) is 6.63. The second-order valence-corrected chi connectivity index (χ2v) is 5.38. The van der Waals surface area contributed by atoms with Crippen molar-refractivity contribution in [2.24, 2.45) is 5.73 Å². The number of H-pyrrole nitrogens is 1. The van der Waals surface area contributed by atoms with Crippen LogP contribution >= 0.6 is 0 Å². The van der Waals surface area contributed by atoms with Gasteiger partial charge in [-0.15, -0.1) is 0 Å². The molecule has 0 fully saturated rings. The molecule has 0 amide bonds. The molecule has 0 bridgehead atoms. The fourth-order valence-corrected chi connectivity index (χ4v) is 1.70. The van der Waals surface area contributed by atoms with Crippen LogP contribution in [-0.2, 0) is 6.42 Å².